The Hall–Kier alpha value is -2.19. The molecular weight excluding hydrogens is 294 g/mol. The van der Waals surface area contributed by atoms with E-state index in [0.717, 1.165) is 4.88 Å². The van der Waals surface area contributed by atoms with Crippen molar-refractivity contribution >= 4 is 29.0 Å². The minimum atomic E-state index is -0.825. The Morgan fingerprint density at radius 2 is 2.29 bits per heavy atom. The maximum atomic E-state index is 11.6. The average Bonchev–Trinajstić information content (AvgIpc) is 3.10. The standard InChI is InChI=1S/C13H15N3O4S/c1-8-7-11(16-20-8)15-13(19)12(18)14-5-4-9(17)10-3-2-6-21-10/h2-3,6-7,9,17H,4-5H2,1H3,(H,14,18)(H,15,16,19). The lowest BCUT2D eigenvalue weighted by Gasteiger charge is -2.09. The normalized spacial score (nSPS) is 11.9. The minimum Gasteiger partial charge on any atom is -0.388 e. The number of rotatable bonds is 5. The Balaban J connectivity index is 1.72. The lowest BCUT2D eigenvalue weighted by atomic mass is 10.2. The van der Waals surface area contributed by atoms with Crippen LogP contribution in [0.1, 0.15) is 23.2 Å². The van der Waals surface area contributed by atoms with E-state index in [0.29, 0.717) is 12.2 Å². The molecule has 3 N–H and O–H groups in total. The topological polar surface area (TPSA) is 104 Å². The maximum Gasteiger partial charge on any atom is 0.314 e. The van der Waals surface area contributed by atoms with Gasteiger partial charge in [-0.2, -0.15) is 0 Å². The third-order valence-electron chi connectivity index (χ3n) is 2.65. The van der Waals surface area contributed by atoms with Crippen LogP contribution in [0, 0.1) is 6.92 Å². The second-order valence-corrected chi connectivity index (χ2v) is 5.33. The zero-order valence-corrected chi connectivity index (χ0v) is 12.1. The van der Waals surface area contributed by atoms with Crippen LogP contribution < -0.4 is 10.6 Å². The number of hydrogen-bond donors (Lipinski definition) is 3. The van der Waals surface area contributed by atoms with Crippen molar-refractivity contribution in [2.45, 2.75) is 19.4 Å². The van der Waals surface area contributed by atoms with Crippen LogP contribution in [0.15, 0.2) is 28.1 Å². The molecule has 21 heavy (non-hydrogen) atoms. The van der Waals surface area contributed by atoms with Crippen LogP contribution in [0.2, 0.25) is 0 Å². The van der Waals surface area contributed by atoms with E-state index in [1.165, 1.54) is 17.4 Å². The molecule has 2 aromatic heterocycles. The molecular formula is C13H15N3O4S. The molecule has 8 heteroatoms. The quantitative estimate of drug-likeness (QED) is 0.720. The van der Waals surface area contributed by atoms with Crippen molar-refractivity contribution in [3.8, 4) is 0 Å². The van der Waals surface area contributed by atoms with Gasteiger partial charge in [-0.3, -0.25) is 14.9 Å². The van der Waals surface area contributed by atoms with Gasteiger partial charge in [-0.05, 0) is 24.8 Å². The van der Waals surface area contributed by atoms with Crippen molar-refractivity contribution in [2.75, 3.05) is 11.9 Å². The van der Waals surface area contributed by atoms with E-state index in [2.05, 4.69) is 15.8 Å². The van der Waals surface area contributed by atoms with E-state index < -0.39 is 17.9 Å². The lowest BCUT2D eigenvalue weighted by Crippen LogP contribution is -2.36. The summed E-state index contributed by atoms with van der Waals surface area (Å²) in [6.07, 6.45) is -0.311. The summed E-state index contributed by atoms with van der Waals surface area (Å²) in [4.78, 5) is 23.9. The van der Waals surface area contributed by atoms with Gasteiger partial charge in [0.1, 0.15) is 5.76 Å². The number of nitrogens with zero attached hydrogens (tertiary/aromatic N) is 1. The molecule has 1 atom stereocenters. The van der Waals surface area contributed by atoms with E-state index in [9.17, 15) is 14.7 Å². The Morgan fingerprint density at radius 1 is 1.48 bits per heavy atom. The van der Waals surface area contributed by atoms with E-state index >= 15 is 0 Å². The van der Waals surface area contributed by atoms with Crippen LogP contribution in [-0.2, 0) is 9.59 Å². The van der Waals surface area contributed by atoms with Crippen molar-refractivity contribution < 1.29 is 19.2 Å². The summed E-state index contributed by atoms with van der Waals surface area (Å²) in [7, 11) is 0. The Kier molecular flexibility index (Phi) is 5.07. The molecule has 2 rings (SSSR count). The van der Waals surface area contributed by atoms with Gasteiger partial charge in [0, 0.05) is 17.5 Å². The van der Waals surface area contributed by atoms with Crippen LogP contribution in [0.4, 0.5) is 5.82 Å². The first kappa shape index (κ1) is 15.2. The van der Waals surface area contributed by atoms with Crippen molar-refractivity contribution in [1.82, 2.24) is 10.5 Å². The van der Waals surface area contributed by atoms with Crippen molar-refractivity contribution in [3.63, 3.8) is 0 Å². The summed E-state index contributed by atoms with van der Waals surface area (Å²) in [5, 5.41) is 20.0. The number of carbonyl (C=O) groups is 2. The van der Waals surface area contributed by atoms with E-state index in [4.69, 9.17) is 4.52 Å². The molecule has 1 unspecified atom stereocenters. The molecule has 0 saturated heterocycles. The molecule has 0 aliphatic heterocycles. The molecule has 2 heterocycles. The van der Waals surface area contributed by atoms with Crippen molar-refractivity contribution in [1.29, 1.82) is 0 Å². The van der Waals surface area contributed by atoms with Gasteiger partial charge in [-0.1, -0.05) is 11.2 Å². The second kappa shape index (κ2) is 7.00. The molecule has 2 amide bonds. The highest BCUT2D eigenvalue weighted by Gasteiger charge is 2.16. The molecule has 0 radical (unpaired) electrons. The van der Waals surface area contributed by atoms with E-state index in [-0.39, 0.29) is 12.4 Å². The minimum absolute atomic E-state index is 0.186. The monoisotopic (exact) mass is 309 g/mol. The molecule has 7 nitrogen and oxygen atoms in total. The van der Waals surface area contributed by atoms with Crippen LogP contribution in [0.5, 0.6) is 0 Å². The van der Waals surface area contributed by atoms with Crippen LogP contribution in [0.3, 0.4) is 0 Å². The van der Waals surface area contributed by atoms with E-state index in [1.54, 1.807) is 6.92 Å². The molecule has 0 bridgehead atoms. The fraction of sp³-hybridized carbons (Fsp3) is 0.308. The van der Waals surface area contributed by atoms with Gasteiger partial charge < -0.3 is 14.9 Å². The smallest absolute Gasteiger partial charge is 0.314 e. The Morgan fingerprint density at radius 3 is 2.90 bits per heavy atom. The van der Waals surface area contributed by atoms with Gasteiger partial charge in [0.2, 0.25) is 0 Å². The van der Waals surface area contributed by atoms with Gasteiger partial charge >= 0.3 is 11.8 Å². The van der Waals surface area contributed by atoms with Crippen LogP contribution >= 0.6 is 11.3 Å². The molecule has 2 aromatic rings. The molecule has 0 saturated carbocycles. The number of aryl methyl sites for hydroxylation is 1. The SMILES string of the molecule is Cc1cc(NC(=O)C(=O)NCCC(O)c2cccs2)no1. The lowest BCUT2D eigenvalue weighted by molar-refractivity contribution is -0.136. The summed E-state index contributed by atoms with van der Waals surface area (Å²) in [5.41, 5.74) is 0. The first-order chi connectivity index (χ1) is 10.1. The largest absolute Gasteiger partial charge is 0.388 e. The fourth-order valence-electron chi connectivity index (χ4n) is 1.62. The van der Waals surface area contributed by atoms with Gasteiger partial charge in [-0.25, -0.2) is 0 Å². The number of aliphatic hydroxyl groups is 1. The molecule has 0 aliphatic rings. The number of hydrogen-bond acceptors (Lipinski definition) is 6. The summed E-state index contributed by atoms with van der Waals surface area (Å²) < 4.78 is 4.77. The summed E-state index contributed by atoms with van der Waals surface area (Å²) in [5.74, 6) is -0.890. The molecule has 112 valence electrons. The zero-order valence-electron chi connectivity index (χ0n) is 11.3. The highest BCUT2D eigenvalue weighted by Crippen LogP contribution is 2.20. The van der Waals surface area contributed by atoms with Gasteiger partial charge in [0.05, 0.1) is 6.10 Å². The van der Waals surface area contributed by atoms with Crippen LogP contribution in [0.25, 0.3) is 0 Å². The van der Waals surface area contributed by atoms with Gasteiger partial charge in [-0.15, -0.1) is 11.3 Å². The zero-order chi connectivity index (χ0) is 15.2. The molecule has 0 aromatic carbocycles. The Labute approximate surface area is 125 Å². The number of aromatic nitrogens is 1. The first-order valence-electron chi connectivity index (χ1n) is 6.30. The highest BCUT2D eigenvalue weighted by atomic mass is 32.1. The van der Waals surface area contributed by atoms with Gasteiger partial charge in [0.15, 0.2) is 5.82 Å². The summed E-state index contributed by atoms with van der Waals surface area (Å²) in [6.45, 7) is 1.87. The summed E-state index contributed by atoms with van der Waals surface area (Å²) >= 11 is 1.44. The summed E-state index contributed by atoms with van der Waals surface area (Å²) in [6, 6.07) is 5.16. The molecule has 0 spiro atoms. The highest BCUT2D eigenvalue weighted by molar-refractivity contribution is 7.10. The predicted molar refractivity (Wildman–Crippen MR) is 76.8 cm³/mol. The third-order valence-corrected chi connectivity index (χ3v) is 3.62. The average molecular weight is 309 g/mol. The number of thiophene rings is 1. The fourth-order valence-corrected chi connectivity index (χ4v) is 2.37. The van der Waals surface area contributed by atoms with Crippen molar-refractivity contribution in [3.05, 3.63) is 34.2 Å². The number of aliphatic hydroxyl groups excluding tert-OH is 1. The molecule has 0 fully saturated rings. The number of carbonyl (C=O) groups excluding carboxylic acids is 2. The number of anilines is 1. The van der Waals surface area contributed by atoms with E-state index in [1.807, 2.05) is 17.5 Å². The van der Waals surface area contributed by atoms with Crippen molar-refractivity contribution in [2.24, 2.45) is 0 Å². The predicted octanol–water partition coefficient (Wildman–Crippen LogP) is 1.22. The second-order valence-electron chi connectivity index (χ2n) is 4.35. The first-order valence-corrected chi connectivity index (χ1v) is 7.18. The Bertz CT molecular complexity index is 609. The number of nitrogens with one attached hydrogen (secondary N) is 2. The van der Waals surface area contributed by atoms with Crippen LogP contribution in [-0.4, -0.2) is 28.6 Å². The van der Waals surface area contributed by atoms with Gasteiger partial charge in [0.25, 0.3) is 0 Å². The number of amides is 2. The maximum absolute atomic E-state index is 11.6. The molecule has 0 aliphatic carbocycles. The third kappa shape index (κ3) is 4.40.